The van der Waals surface area contributed by atoms with Crippen molar-refractivity contribution in [1.82, 2.24) is 0 Å². The van der Waals surface area contributed by atoms with Gasteiger partial charge in [0.05, 0.1) is 19.3 Å². The number of ether oxygens (including phenoxy) is 1. The summed E-state index contributed by atoms with van der Waals surface area (Å²) in [6.45, 7) is 7.99. The largest absolute Gasteiger partial charge is 0.476 e. The van der Waals surface area contributed by atoms with Crippen LogP contribution in [0.2, 0.25) is 0 Å². The van der Waals surface area contributed by atoms with Crippen LogP contribution in [0.15, 0.2) is 16.4 Å². The fourth-order valence-electron chi connectivity index (χ4n) is 0.857. The van der Waals surface area contributed by atoms with Crippen LogP contribution in [-0.4, -0.2) is 30.1 Å². The lowest BCUT2D eigenvalue weighted by atomic mass is 10.2. The zero-order valence-corrected chi connectivity index (χ0v) is 9.37. The van der Waals surface area contributed by atoms with E-state index in [0.29, 0.717) is 12.4 Å². The van der Waals surface area contributed by atoms with Gasteiger partial charge in [-0.2, -0.15) is 0 Å². The maximum absolute atomic E-state index is 8.60. The average molecular weight is 200 g/mol. The predicted octanol–water partition coefficient (Wildman–Crippen LogP) is 1.05. The predicted molar refractivity (Wildman–Crippen MR) is 58.2 cm³/mol. The molecule has 0 heterocycles. The van der Waals surface area contributed by atoms with Crippen LogP contribution in [0.25, 0.3) is 0 Å². The van der Waals surface area contributed by atoms with E-state index in [9.17, 15) is 0 Å². The number of aliphatic imine (C=N–C) groups is 1. The van der Waals surface area contributed by atoms with Gasteiger partial charge in [0, 0.05) is 11.3 Å². The molecule has 0 aromatic heterocycles. The zero-order chi connectivity index (χ0) is 11.1. The van der Waals surface area contributed by atoms with Gasteiger partial charge >= 0.3 is 0 Å². The Bertz CT molecular complexity index is 232. The Morgan fingerprint density at radius 2 is 2.00 bits per heavy atom. The molecule has 0 aliphatic rings. The molecule has 0 saturated carbocycles. The molecular weight excluding hydrogens is 180 g/mol. The molecule has 0 unspecified atom stereocenters. The molecule has 0 aliphatic heterocycles. The molecule has 0 aromatic rings. The van der Waals surface area contributed by atoms with E-state index in [1.54, 1.807) is 0 Å². The molecule has 0 amide bonds. The summed E-state index contributed by atoms with van der Waals surface area (Å²) >= 11 is 0. The third-order valence-corrected chi connectivity index (χ3v) is 1.72. The molecule has 0 atom stereocenters. The van der Waals surface area contributed by atoms with Crippen LogP contribution in [0.4, 0.5) is 0 Å². The van der Waals surface area contributed by atoms with Crippen LogP contribution in [0.5, 0.6) is 0 Å². The number of hydrogen-bond donors (Lipinski definition) is 2. The summed E-state index contributed by atoms with van der Waals surface area (Å²) in [4.78, 5) is 4.12. The number of rotatable bonds is 5. The molecular formula is C10H20N2O2. The van der Waals surface area contributed by atoms with Gasteiger partial charge in [-0.15, -0.1) is 0 Å². The minimum atomic E-state index is 0.0512. The highest BCUT2D eigenvalue weighted by Crippen LogP contribution is 2.05. The number of aliphatic hydroxyl groups excluding tert-OH is 1. The Kier molecular flexibility index (Phi) is 5.95. The molecule has 4 nitrogen and oxygen atoms in total. The molecule has 82 valence electrons. The smallest absolute Gasteiger partial charge is 0.189 e. The summed E-state index contributed by atoms with van der Waals surface area (Å²) in [5, 5.41) is 8.60. The Morgan fingerprint density at radius 3 is 2.43 bits per heavy atom. The average Bonchev–Trinajstić information content (AvgIpc) is 2.11. The highest BCUT2D eigenvalue weighted by molar-refractivity contribution is 5.97. The Hall–Kier alpha value is -1.03. The molecule has 0 aromatic carbocycles. The van der Waals surface area contributed by atoms with Crippen molar-refractivity contribution in [2.75, 3.05) is 13.2 Å². The Labute approximate surface area is 85.5 Å². The van der Waals surface area contributed by atoms with Gasteiger partial charge in [0.15, 0.2) is 5.88 Å². The molecule has 0 fully saturated rings. The van der Waals surface area contributed by atoms with Crippen molar-refractivity contribution in [3.05, 3.63) is 11.5 Å². The van der Waals surface area contributed by atoms with Crippen LogP contribution in [0.3, 0.4) is 0 Å². The first kappa shape index (κ1) is 13.0. The summed E-state index contributed by atoms with van der Waals surface area (Å²) in [7, 11) is 0. The lowest BCUT2D eigenvalue weighted by Gasteiger charge is -2.12. The van der Waals surface area contributed by atoms with Crippen LogP contribution < -0.4 is 5.73 Å². The van der Waals surface area contributed by atoms with Crippen molar-refractivity contribution in [3.63, 3.8) is 0 Å². The summed E-state index contributed by atoms with van der Waals surface area (Å²) < 4.78 is 5.33. The second-order valence-corrected chi connectivity index (χ2v) is 3.35. The molecule has 0 saturated heterocycles. The van der Waals surface area contributed by atoms with Crippen LogP contribution in [0, 0.1) is 0 Å². The van der Waals surface area contributed by atoms with Crippen LogP contribution >= 0.6 is 0 Å². The van der Waals surface area contributed by atoms with Crippen molar-refractivity contribution in [2.45, 2.75) is 33.8 Å². The van der Waals surface area contributed by atoms with E-state index in [4.69, 9.17) is 15.6 Å². The van der Waals surface area contributed by atoms with Gasteiger partial charge in [0.1, 0.15) is 0 Å². The molecule has 14 heavy (non-hydrogen) atoms. The van der Waals surface area contributed by atoms with E-state index in [1.165, 1.54) is 0 Å². The minimum absolute atomic E-state index is 0.0512. The molecule has 4 heteroatoms. The van der Waals surface area contributed by atoms with Gasteiger partial charge in [-0.3, -0.25) is 4.99 Å². The highest BCUT2D eigenvalue weighted by Gasteiger charge is 2.04. The Morgan fingerprint density at radius 1 is 1.43 bits per heavy atom. The summed E-state index contributed by atoms with van der Waals surface area (Å²) in [5.74, 6) is 0.402. The van der Waals surface area contributed by atoms with Gasteiger partial charge < -0.3 is 15.6 Å². The number of hydrogen-bond acceptors (Lipinski definition) is 4. The molecule has 0 radical (unpaired) electrons. The van der Waals surface area contributed by atoms with Gasteiger partial charge in [-0.05, 0) is 27.7 Å². The zero-order valence-electron chi connectivity index (χ0n) is 9.37. The van der Waals surface area contributed by atoms with Crippen LogP contribution in [0.1, 0.15) is 27.7 Å². The van der Waals surface area contributed by atoms with Crippen molar-refractivity contribution in [1.29, 1.82) is 0 Å². The van der Waals surface area contributed by atoms with Gasteiger partial charge in [0.25, 0.3) is 0 Å². The fourth-order valence-corrected chi connectivity index (χ4v) is 0.857. The Balaban J connectivity index is 4.47. The molecule has 0 aliphatic carbocycles. The van der Waals surface area contributed by atoms with Gasteiger partial charge in [0.2, 0.25) is 0 Å². The maximum atomic E-state index is 8.60. The monoisotopic (exact) mass is 200 g/mol. The highest BCUT2D eigenvalue weighted by atomic mass is 16.5. The van der Waals surface area contributed by atoms with Gasteiger partial charge in [-0.25, -0.2) is 0 Å². The van der Waals surface area contributed by atoms with E-state index in [1.807, 2.05) is 27.7 Å². The second kappa shape index (κ2) is 6.43. The van der Waals surface area contributed by atoms with Crippen LogP contribution in [-0.2, 0) is 4.74 Å². The normalized spacial score (nSPS) is 14.3. The minimum Gasteiger partial charge on any atom is -0.476 e. The third kappa shape index (κ3) is 4.87. The number of nitrogens with two attached hydrogens (primary N) is 1. The SMILES string of the molecule is CC(=NCCO)/C(C)=C(\N)OC(C)C. The fraction of sp³-hybridized carbons (Fsp3) is 0.700. The van der Waals surface area contributed by atoms with Crippen molar-refractivity contribution in [3.8, 4) is 0 Å². The number of aliphatic hydroxyl groups is 1. The quantitative estimate of drug-likeness (QED) is 0.515. The maximum Gasteiger partial charge on any atom is 0.189 e. The van der Waals surface area contributed by atoms with E-state index in [2.05, 4.69) is 4.99 Å². The van der Waals surface area contributed by atoms with Gasteiger partial charge in [-0.1, -0.05) is 0 Å². The summed E-state index contributed by atoms with van der Waals surface area (Å²) in [6, 6.07) is 0. The van der Waals surface area contributed by atoms with E-state index >= 15 is 0 Å². The topological polar surface area (TPSA) is 67.8 Å². The summed E-state index contributed by atoms with van der Waals surface area (Å²) in [6.07, 6.45) is 0.0654. The first-order valence-electron chi connectivity index (χ1n) is 4.74. The molecule has 0 bridgehead atoms. The number of nitrogens with zero attached hydrogens (tertiary/aromatic N) is 1. The molecule has 0 spiro atoms. The molecule has 0 rings (SSSR count). The second-order valence-electron chi connectivity index (χ2n) is 3.35. The number of allylic oxidation sites excluding steroid dienone is 1. The molecule has 3 N–H and O–H groups in total. The standard InChI is InChI=1S/C10H20N2O2/c1-7(2)14-10(11)8(3)9(4)12-5-6-13/h7,13H,5-6,11H2,1-4H3/b10-8+,12-9?. The lowest BCUT2D eigenvalue weighted by molar-refractivity contribution is 0.143. The van der Waals surface area contributed by atoms with E-state index < -0.39 is 0 Å². The lowest BCUT2D eigenvalue weighted by Crippen LogP contribution is -2.14. The van der Waals surface area contributed by atoms with Crippen molar-refractivity contribution < 1.29 is 9.84 Å². The summed E-state index contributed by atoms with van der Waals surface area (Å²) in [5.41, 5.74) is 7.33. The third-order valence-electron chi connectivity index (χ3n) is 1.72. The van der Waals surface area contributed by atoms with Crippen molar-refractivity contribution in [2.24, 2.45) is 10.7 Å². The first-order valence-corrected chi connectivity index (χ1v) is 4.74. The van der Waals surface area contributed by atoms with E-state index in [0.717, 1.165) is 11.3 Å². The first-order chi connectivity index (χ1) is 6.49. The van der Waals surface area contributed by atoms with E-state index in [-0.39, 0.29) is 12.7 Å². The van der Waals surface area contributed by atoms with Crippen molar-refractivity contribution >= 4 is 5.71 Å².